The van der Waals surface area contributed by atoms with Gasteiger partial charge in [-0.1, -0.05) is 18.5 Å². The minimum absolute atomic E-state index is 0.00361. The molecular weight excluding hydrogens is 298 g/mol. The van der Waals surface area contributed by atoms with Gasteiger partial charge in [-0.25, -0.2) is 16.8 Å². The highest BCUT2D eigenvalue weighted by molar-refractivity contribution is 7.95. The molecule has 8 heteroatoms. The maximum atomic E-state index is 11.9. The van der Waals surface area contributed by atoms with Crippen molar-refractivity contribution in [3.63, 3.8) is 0 Å². The second-order valence-electron chi connectivity index (χ2n) is 3.75. The second kappa shape index (κ2) is 5.46. The van der Waals surface area contributed by atoms with E-state index in [0.29, 0.717) is 5.69 Å². The Morgan fingerprint density at radius 3 is 2.28 bits per heavy atom. The Balaban J connectivity index is 3.01. The number of sulfone groups is 2. The molecule has 0 fully saturated rings. The zero-order chi connectivity index (χ0) is 14.0. The molecule has 5 nitrogen and oxygen atoms in total. The molecular formula is C10H14ClNO4S2. The normalized spacial score (nSPS) is 12.6. The molecule has 18 heavy (non-hydrogen) atoms. The minimum atomic E-state index is -3.72. The monoisotopic (exact) mass is 311 g/mol. The minimum Gasteiger partial charge on any atom is -0.399 e. The van der Waals surface area contributed by atoms with E-state index in [9.17, 15) is 16.8 Å². The summed E-state index contributed by atoms with van der Waals surface area (Å²) in [7, 11) is -7.05. The van der Waals surface area contributed by atoms with Gasteiger partial charge in [-0.05, 0) is 18.2 Å². The third-order valence-corrected chi connectivity index (χ3v) is 6.55. The van der Waals surface area contributed by atoms with E-state index >= 15 is 0 Å². The van der Waals surface area contributed by atoms with Gasteiger partial charge in [0.15, 0.2) is 19.7 Å². The standard InChI is InChI=1S/C10H14ClNO4S2/c1-2-17(13,14)5-6-18(15,16)10-4-3-8(12)7-9(10)11/h3-4,7H,2,5-6,12H2,1H3. The Morgan fingerprint density at radius 1 is 1.17 bits per heavy atom. The third kappa shape index (κ3) is 3.86. The van der Waals surface area contributed by atoms with Gasteiger partial charge in [-0.2, -0.15) is 0 Å². The van der Waals surface area contributed by atoms with E-state index in [2.05, 4.69) is 0 Å². The van der Waals surface area contributed by atoms with Crippen LogP contribution in [0, 0.1) is 0 Å². The van der Waals surface area contributed by atoms with E-state index in [0.717, 1.165) is 0 Å². The first-order valence-corrected chi connectivity index (χ1v) is 9.01. The summed E-state index contributed by atoms with van der Waals surface area (Å²) in [4.78, 5) is -0.0929. The first-order chi connectivity index (χ1) is 8.18. The molecule has 0 saturated carbocycles. The number of hydrogen-bond donors (Lipinski definition) is 1. The SMILES string of the molecule is CCS(=O)(=O)CCS(=O)(=O)c1ccc(N)cc1Cl. The fourth-order valence-electron chi connectivity index (χ4n) is 1.26. The average Bonchev–Trinajstić information content (AvgIpc) is 2.26. The van der Waals surface area contributed by atoms with Crippen LogP contribution in [0.1, 0.15) is 6.92 Å². The molecule has 0 radical (unpaired) electrons. The topological polar surface area (TPSA) is 94.3 Å². The zero-order valence-electron chi connectivity index (χ0n) is 9.76. The largest absolute Gasteiger partial charge is 0.399 e. The summed E-state index contributed by atoms with van der Waals surface area (Å²) in [5, 5.41) is 0.00361. The number of nitrogens with two attached hydrogens (primary N) is 1. The lowest BCUT2D eigenvalue weighted by molar-refractivity contribution is 0.588. The highest BCUT2D eigenvalue weighted by atomic mass is 35.5. The highest BCUT2D eigenvalue weighted by Crippen LogP contribution is 2.24. The van der Waals surface area contributed by atoms with Crippen molar-refractivity contribution in [1.29, 1.82) is 0 Å². The summed E-state index contributed by atoms with van der Waals surface area (Å²) in [6, 6.07) is 4.02. The van der Waals surface area contributed by atoms with Crippen LogP contribution in [0.2, 0.25) is 5.02 Å². The van der Waals surface area contributed by atoms with Crippen molar-refractivity contribution in [2.45, 2.75) is 11.8 Å². The Hall–Kier alpha value is -0.790. The first kappa shape index (κ1) is 15.3. The van der Waals surface area contributed by atoms with Crippen molar-refractivity contribution in [1.82, 2.24) is 0 Å². The van der Waals surface area contributed by atoms with Gasteiger partial charge in [0.2, 0.25) is 0 Å². The molecule has 0 aliphatic carbocycles. The van der Waals surface area contributed by atoms with E-state index in [4.69, 9.17) is 17.3 Å². The number of halogens is 1. The highest BCUT2D eigenvalue weighted by Gasteiger charge is 2.21. The number of anilines is 1. The van der Waals surface area contributed by atoms with Crippen LogP contribution < -0.4 is 5.73 Å². The molecule has 0 aromatic heterocycles. The van der Waals surface area contributed by atoms with E-state index in [1.54, 1.807) is 0 Å². The summed E-state index contributed by atoms with van der Waals surface area (Å²) >= 11 is 5.79. The smallest absolute Gasteiger partial charge is 0.180 e. The van der Waals surface area contributed by atoms with Gasteiger partial charge in [0.25, 0.3) is 0 Å². The van der Waals surface area contributed by atoms with Crippen molar-refractivity contribution < 1.29 is 16.8 Å². The summed E-state index contributed by atoms with van der Waals surface area (Å²) in [5.41, 5.74) is 5.81. The molecule has 0 atom stereocenters. The van der Waals surface area contributed by atoms with Gasteiger partial charge in [-0.15, -0.1) is 0 Å². The molecule has 0 unspecified atom stereocenters. The zero-order valence-corrected chi connectivity index (χ0v) is 12.1. The predicted octanol–water partition coefficient (Wildman–Crippen LogP) is 1.13. The second-order valence-corrected chi connectivity index (χ2v) is 8.70. The molecule has 102 valence electrons. The van der Waals surface area contributed by atoms with Crippen LogP contribution in [0.3, 0.4) is 0 Å². The number of nitrogen functional groups attached to an aromatic ring is 1. The molecule has 1 aromatic carbocycles. The van der Waals surface area contributed by atoms with Crippen LogP contribution >= 0.6 is 11.6 Å². The lowest BCUT2D eigenvalue weighted by Crippen LogP contribution is -2.19. The number of hydrogen-bond acceptors (Lipinski definition) is 5. The van der Waals surface area contributed by atoms with Crippen molar-refractivity contribution in [2.24, 2.45) is 0 Å². The van der Waals surface area contributed by atoms with Crippen LogP contribution in [0.5, 0.6) is 0 Å². The van der Waals surface area contributed by atoms with Gasteiger partial charge < -0.3 is 5.73 Å². The molecule has 0 bridgehead atoms. The maximum Gasteiger partial charge on any atom is 0.180 e. The summed E-state index contributed by atoms with van der Waals surface area (Å²) in [6.45, 7) is 1.47. The van der Waals surface area contributed by atoms with E-state index in [1.807, 2.05) is 0 Å². The molecule has 0 amide bonds. The fourth-order valence-corrected chi connectivity index (χ4v) is 4.84. The number of benzene rings is 1. The van der Waals surface area contributed by atoms with Crippen LogP contribution in [0.25, 0.3) is 0 Å². The van der Waals surface area contributed by atoms with Gasteiger partial charge in [0, 0.05) is 11.4 Å². The van der Waals surface area contributed by atoms with Gasteiger partial charge in [0.05, 0.1) is 21.4 Å². The van der Waals surface area contributed by atoms with Gasteiger partial charge >= 0.3 is 0 Å². The van der Waals surface area contributed by atoms with Crippen molar-refractivity contribution in [3.8, 4) is 0 Å². The molecule has 0 heterocycles. The Morgan fingerprint density at radius 2 is 1.78 bits per heavy atom. The van der Waals surface area contributed by atoms with Gasteiger partial charge in [0.1, 0.15) is 0 Å². The Labute approximate surface area is 112 Å². The van der Waals surface area contributed by atoms with Crippen molar-refractivity contribution in [3.05, 3.63) is 23.2 Å². The molecule has 0 saturated heterocycles. The van der Waals surface area contributed by atoms with Crippen LogP contribution in [0.4, 0.5) is 5.69 Å². The average molecular weight is 312 g/mol. The maximum absolute atomic E-state index is 11.9. The third-order valence-electron chi connectivity index (χ3n) is 2.39. The number of rotatable bonds is 5. The molecule has 0 spiro atoms. The quantitative estimate of drug-likeness (QED) is 0.823. The van der Waals surface area contributed by atoms with Crippen molar-refractivity contribution in [2.75, 3.05) is 23.0 Å². The molecule has 1 rings (SSSR count). The van der Waals surface area contributed by atoms with Crippen LogP contribution in [-0.2, 0) is 19.7 Å². The summed E-state index contributed by atoms with van der Waals surface area (Å²) in [6.07, 6.45) is 0. The molecule has 2 N–H and O–H groups in total. The Kier molecular flexibility index (Phi) is 4.63. The van der Waals surface area contributed by atoms with E-state index in [-0.39, 0.29) is 15.7 Å². The van der Waals surface area contributed by atoms with Gasteiger partial charge in [-0.3, -0.25) is 0 Å². The van der Waals surface area contributed by atoms with Crippen LogP contribution in [-0.4, -0.2) is 34.1 Å². The molecule has 0 aliphatic heterocycles. The fraction of sp³-hybridized carbons (Fsp3) is 0.400. The molecule has 0 aliphatic rings. The Bertz CT molecular complexity index is 638. The van der Waals surface area contributed by atoms with Crippen LogP contribution in [0.15, 0.2) is 23.1 Å². The summed E-state index contributed by atoms with van der Waals surface area (Å²) < 4.78 is 46.5. The van der Waals surface area contributed by atoms with E-state index < -0.39 is 31.2 Å². The lowest BCUT2D eigenvalue weighted by atomic mass is 10.3. The van der Waals surface area contributed by atoms with E-state index in [1.165, 1.54) is 25.1 Å². The first-order valence-electron chi connectivity index (χ1n) is 5.16. The lowest BCUT2D eigenvalue weighted by Gasteiger charge is -2.07. The summed E-state index contributed by atoms with van der Waals surface area (Å²) in [5.74, 6) is -0.975. The van der Waals surface area contributed by atoms with Crippen molar-refractivity contribution >= 4 is 37.0 Å². The molecule has 1 aromatic rings. The predicted molar refractivity (Wildman–Crippen MR) is 72.2 cm³/mol.